The van der Waals surface area contributed by atoms with E-state index in [0.29, 0.717) is 0 Å². The molecule has 1 aromatic rings. The Labute approximate surface area is 86.6 Å². The molecule has 0 fully saturated rings. The summed E-state index contributed by atoms with van der Waals surface area (Å²) in [6.45, 7) is 0.0995. The highest BCUT2D eigenvalue weighted by molar-refractivity contribution is 6.45. The number of ketones is 1. The number of alkyl halides is 1. The average Bonchev–Trinajstić information content (AvgIpc) is 2.26. The van der Waals surface area contributed by atoms with Gasteiger partial charge in [-0.05, 0) is 5.56 Å². The van der Waals surface area contributed by atoms with Crippen molar-refractivity contribution >= 4 is 23.4 Å². The van der Waals surface area contributed by atoms with Gasteiger partial charge in [0.05, 0.1) is 5.88 Å². The van der Waals surface area contributed by atoms with Gasteiger partial charge in [-0.1, -0.05) is 30.3 Å². The predicted molar refractivity (Wildman–Crippen MR) is 52.0 cm³/mol. The van der Waals surface area contributed by atoms with E-state index in [4.69, 9.17) is 16.3 Å². The first-order valence-corrected chi connectivity index (χ1v) is 4.57. The standard InChI is InChI=1S/C10H9ClO3/c11-6-9(12)10(13)14-7-8-4-2-1-3-5-8/h1-5H,6-7H2. The zero-order valence-electron chi connectivity index (χ0n) is 7.40. The first kappa shape index (κ1) is 10.7. The largest absolute Gasteiger partial charge is 0.455 e. The van der Waals surface area contributed by atoms with Gasteiger partial charge in [0.2, 0.25) is 0 Å². The van der Waals surface area contributed by atoms with Gasteiger partial charge in [0.1, 0.15) is 6.61 Å². The maximum atomic E-state index is 10.9. The SMILES string of the molecule is O=C(CCl)C(=O)OCc1ccccc1. The molecule has 0 amide bonds. The van der Waals surface area contributed by atoms with E-state index in [2.05, 4.69) is 0 Å². The van der Waals surface area contributed by atoms with Crippen molar-refractivity contribution in [1.82, 2.24) is 0 Å². The summed E-state index contributed by atoms with van der Waals surface area (Å²) in [6.07, 6.45) is 0. The van der Waals surface area contributed by atoms with Gasteiger partial charge in [0.25, 0.3) is 5.78 Å². The molecule has 0 atom stereocenters. The van der Waals surface area contributed by atoms with Crippen molar-refractivity contribution in [3.8, 4) is 0 Å². The maximum absolute atomic E-state index is 10.9. The molecule has 14 heavy (non-hydrogen) atoms. The van der Waals surface area contributed by atoms with Crippen LogP contribution in [0.25, 0.3) is 0 Å². The summed E-state index contributed by atoms with van der Waals surface area (Å²) in [7, 11) is 0. The molecular formula is C10H9ClO3. The molecule has 0 bridgehead atoms. The van der Waals surface area contributed by atoms with Crippen LogP contribution in [0.3, 0.4) is 0 Å². The molecule has 0 saturated heterocycles. The van der Waals surface area contributed by atoms with Crippen LogP contribution in [0.15, 0.2) is 30.3 Å². The summed E-state index contributed by atoms with van der Waals surface area (Å²) < 4.78 is 4.71. The molecule has 4 heteroatoms. The Hall–Kier alpha value is -1.35. The first-order chi connectivity index (χ1) is 6.74. The van der Waals surface area contributed by atoms with E-state index in [1.165, 1.54) is 0 Å². The zero-order chi connectivity index (χ0) is 10.4. The van der Waals surface area contributed by atoms with Crippen LogP contribution in [0, 0.1) is 0 Å². The molecule has 0 aliphatic heterocycles. The lowest BCUT2D eigenvalue weighted by Gasteiger charge is -2.01. The lowest BCUT2D eigenvalue weighted by atomic mass is 10.2. The second-order valence-corrected chi connectivity index (χ2v) is 2.89. The van der Waals surface area contributed by atoms with Crippen LogP contribution in [0.4, 0.5) is 0 Å². The number of hydrogen-bond acceptors (Lipinski definition) is 3. The van der Waals surface area contributed by atoms with Crippen molar-refractivity contribution < 1.29 is 14.3 Å². The number of benzene rings is 1. The van der Waals surface area contributed by atoms with Crippen LogP contribution in [-0.4, -0.2) is 17.6 Å². The van der Waals surface area contributed by atoms with E-state index in [1.54, 1.807) is 12.1 Å². The normalized spacial score (nSPS) is 9.50. The Balaban J connectivity index is 2.42. The molecule has 3 nitrogen and oxygen atoms in total. The van der Waals surface area contributed by atoms with Gasteiger partial charge >= 0.3 is 5.97 Å². The molecule has 0 aliphatic carbocycles. The first-order valence-electron chi connectivity index (χ1n) is 4.04. The fourth-order valence-corrected chi connectivity index (χ4v) is 0.967. The Morgan fingerprint density at radius 2 is 1.86 bits per heavy atom. The van der Waals surface area contributed by atoms with E-state index >= 15 is 0 Å². The van der Waals surface area contributed by atoms with Crippen LogP contribution in [-0.2, 0) is 20.9 Å². The highest BCUT2D eigenvalue weighted by Gasteiger charge is 2.13. The van der Waals surface area contributed by atoms with Crippen molar-refractivity contribution in [1.29, 1.82) is 0 Å². The van der Waals surface area contributed by atoms with E-state index in [1.807, 2.05) is 18.2 Å². The van der Waals surface area contributed by atoms with Gasteiger partial charge in [-0.2, -0.15) is 0 Å². The molecule has 74 valence electrons. The lowest BCUT2D eigenvalue weighted by Crippen LogP contribution is -2.18. The van der Waals surface area contributed by atoms with Crippen molar-refractivity contribution in [2.75, 3.05) is 5.88 Å². The number of halogens is 1. The monoisotopic (exact) mass is 212 g/mol. The number of ether oxygens (including phenoxy) is 1. The maximum Gasteiger partial charge on any atom is 0.376 e. The number of rotatable bonds is 4. The van der Waals surface area contributed by atoms with Crippen LogP contribution in [0.2, 0.25) is 0 Å². The summed E-state index contributed by atoms with van der Waals surface area (Å²) in [6, 6.07) is 9.12. The fourth-order valence-electron chi connectivity index (χ4n) is 0.858. The van der Waals surface area contributed by atoms with Crippen molar-refractivity contribution in [3.63, 3.8) is 0 Å². The van der Waals surface area contributed by atoms with Crippen molar-refractivity contribution in [3.05, 3.63) is 35.9 Å². The topological polar surface area (TPSA) is 43.4 Å². The molecule has 0 aliphatic rings. The summed E-state index contributed by atoms with van der Waals surface area (Å²) >= 11 is 5.18. The third-order valence-corrected chi connectivity index (χ3v) is 1.80. The number of hydrogen-bond donors (Lipinski definition) is 0. The van der Waals surface area contributed by atoms with Gasteiger partial charge in [0.15, 0.2) is 0 Å². The van der Waals surface area contributed by atoms with E-state index < -0.39 is 11.8 Å². The van der Waals surface area contributed by atoms with E-state index in [9.17, 15) is 9.59 Å². The average molecular weight is 213 g/mol. The number of carbonyl (C=O) groups is 2. The summed E-state index contributed by atoms with van der Waals surface area (Å²) in [5.41, 5.74) is 0.836. The van der Waals surface area contributed by atoms with Gasteiger partial charge in [0, 0.05) is 0 Å². The second-order valence-electron chi connectivity index (χ2n) is 2.62. The summed E-state index contributed by atoms with van der Waals surface area (Å²) in [5, 5.41) is 0. The van der Waals surface area contributed by atoms with Crippen LogP contribution in [0.5, 0.6) is 0 Å². The van der Waals surface area contributed by atoms with Crippen molar-refractivity contribution in [2.45, 2.75) is 6.61 Å². The molecule has 0 aromatic heterocycles. The minimum Gasteiger partial charge on any atom is -0.455 e. The van der Waals surface area contributed by atoms with E-state index in [0.717, 1.165) is 5.56 Å². The molecule has 1 rings (SSSR count). The molecule has 0 spiro atoms. The highest BCUT2D eigenvalue weighted by atomic mass is 35.5. The Bertz CT molecular complexity index is 321. The zero-order valence-corrected chi connectivity index (χ0v) is 8.16. The highest BCUT2D eigenvalue weighted by Crippen LogP contribution is 2.00. The third kappa shape index (κ3) is 3.18. The summed E-state index contributed by atoms with van der Waals surface area (Å²) in [5.74, 6) is -1.94. The Morgan fingerprint density at radius 3 is 2.43 bits per heavy atom. The van der Waals surface area contributed by atoms with Crippen LogP contribution >= 0.6 is 11.6 Å². The number of esters is 1. The molecule has 1 aromatic carbocycles. The quantitative estimate of drug-likeness (QED) is 0.432. The molecule has 0 unspecified atom stereocenters. The molecule has 0 N–H and O–H groups in total. The minimum absolute atomic E-state index is 0.0995. The smallest absolute Gasteiger partial charge is 0.376 e. The van der Waals surface area contributed by atoms with Crippen LogP contribution in [0.1, 0.15) is 5.56 Å². The summed E-state index contributed by atoms with van der Waals surface area (Å²) in [4.78, 5) is 21.6. The Morgan fingerprint density at radius 1 is 1.21 bits per heavy atom. The fraction of sp³-hybridized carbons (Fsp3) is 0.200. The molecular weight excluding hydrogens is 204 g/mol. The van der Waals surface area contributed by atoms with Gasteiger partial charge in [-0.3, -0.25) is 4.79 Å². The number of Topliss-reactive ketones (excluding diaryl/α,β-unsaturated/α-hetero) is 1. The lowest BCUT2D eigenvalue weighted by molar-refractivity contribution is -0.153. The number of carbonyl (C=O) groups excluding carboxylic acids is 2. The van der Waals surface area contributed by atoms with Gasteiger partial charge in [-0.25, -0.2) is 4.79 Å². The van der Waals surface area contributed by atoms with Crippen molar-refractivity contribution in [2.24, 2.45) is 0 Å². The van der Waals surface area contributed by atoms with Gasteiger partial charge < -0.3 is 4.74 Å². The predicted octanol–water partition coefficient (Wildman–Crippen LogP) is 1.54. The molecule has 0 saturated carbocycles. The minimum atomic E-state index is -0.885. The van der Waals surface area contributed by atoms with E-state index in [-0.39, 0.29) is 12.5 Å². The molecule has 0 heterocycles. The Kier molecular flexibility index (Phi) is 4.13. The van der Waals surface area contributed by atoms with Gasteiger partial charge in [-0.15, -0.1) is 11.6 Å². The molecule has 0 radical (unpaired) electrons. The third-order valence-electron chi connectivity index (χ3n) is 1.56. The van der Waals surface area contributed by atoms with Crippen LogP contribution < -0.4 is 0 Å². The second kappa shape index (κ2) is 5.40.